The molecule has 120 valence electrons. The van der Waals surface area contributed by atoms with E-state index in [0.29, 0.717) is 0 Å². The number of phenolic OH excluding ortho intramolecular Hbond substituents is 1. The molecule has 2 atom stereocenters. The van der Waals surface area contributed by atoms with Crippen molar-refractivity contribution in [2.45, 2.75) is 18.5 Å². The Labute approximate surface area is 131 Å². The molecule has 0 radical (unpaired) electrons. The van der Waals surface area contributed by atoms with Crippen molar-refractivity contribution in [1.82, 2.24) is 5.32 Å². The largest absolute Gasteiger partial charge is 0.508 e. The first-order valence-corrected chi connectivity index (χ1v) is 7.38. The number of hydrogen-bond donors (Lipinski definition) is 6. The summed E-state index contributed by atoms with van der Waals surface area (Å²) in [5, 5.41) is 18.6. The molecule has 8 nitrogen and oxygen atoms in total. The van der Waals surface area contributed by atoms with Crippen molar-refractivity contribution in [2.75, 3.05) is 5.75 Å². The van der Waals surface area contributed by atoms with Gasteiger partial charge >= 0.3 is 0 Å². The van der Waals surface area contributed by atoms with Crippen LogP contribution in [-0.4, -0.2) is 39.9 Å². The summed E-state index contributed by atoms with van der Waals surface area (Å²) in [7, 11) is 0. The smallest absolute Gasteiger partial charge is 0.240 e. The summed E-state index contributed by atoms with van der Waals surface area (Å²) in [4.78, 5) is 23.3. The third-order valence-corrected chi connectivity index (χ3v) is 3.61. The Bertz CT molecular complexity index is 549. The van der Waals surface area contributed by atoms with Gasteiger partial charge in [-0.3, -0.25) is 15.0 Å². The SMILES string of the molecule is N=C(N)SC[C@H](NC(=O)[C@@H](N)Cc1ccc(O)cc1)C(N)=O. The lowest BCUT2D eigenvalue weighted by atomic mass is 10.1. The highest BCUT2D eigenvalue weighted by molar-refractivity contribution is 8.13. The summed E-state index contributed by atoms with van der Waals surface area (Å²) in [6, 6.07) is 4.48. The van der Waals surface area contributed by atoms with E-state index in [4.69, 9.17) is 22.6 Å². The molecule has 9 heteroatoms. The molecular weight excluding hydrogens is 306 g/mol. The van der Waals surface area contributed by atoms with E-state index in [0.717, 1.165) is 17.3 Å². The molecule has 0 aliphatic heterocycles. The summed E-state index contributed by atoms with van der Waals surface area (Å²) >= 11 is 0.904. The van der Waals surface area contributed by atoms with E-state index in [1.807, 2.05) is 0 Å². The van der Waals surface area contributed by atoms with Crippen LogP contribution in [0.15, 0.2) is 24.3 Å². The number of aromatic hydroxyl groups is 1. The van der Waals surface area contributed by atoms with Gasteiger partial charge in [-0.05, 0) is 24.1 Å². The van der Waals surface area contributed by atoms with Gasteiger partial charge in [0, 0.05) is 5.75 Å². The van der Waals surface area contributed by atoms with Crippen molar-refractivity contribution in [3.05, 3.63) is 29.8 Å². The Morgan fingerprint density at radius 1 is 1.27 bits per heavy atom. The maximum absolute atomic E-state index is 12.0. The number of hydrogen-bond acceptors (Lipinski definition) is 6. The van der Waals surface area contributed by atoms with Crippen molar-refractivity contribution in [1.29, 1.82) is 5.41 Å². The minimum Gasteiger partial charge on any atom is -0.508 e. The number of benzene rings is 1. The lowest BCUT2D eigenvalue weighted by Crippen LogP contribution is -2.52. The van der Waals surface area contributed by atoms with Gasteiger partial charge < -0.3 is 27.6 Å². The van der Waals surface area contributed by atoms with Crippen LogP contribution >= 0.6 is 11.8 Å². The zero-order chi connectivity index (χ0) is 16.7. The van der Waals surface area contributed by atoms with Gasteiger partial charge in [0.25, 0.3) is 0 Å². The van der Waals surface area contributed by atoms with Crippen LogP contribution in [0, 0.1) is 5.41 Å². The van der Waals surface area contributed by atoms with Crippen molar-refractivity contribution in [2.24, 2.45) is 17.2 Å². The van der Waals surface area contributed by atoms with E-state index in [1.165, 1.54) is 12.1 Å². The minimum absolute atomic E-state index is 0.0718. The van der Waals surface area contributed by atoms with Crippen LogP contribution in [0.2, 0.25) is 0 Å². The molecule has 2 amide bonds. The Hall–Kier alpha value is -2.26. The summed E-state index contributed by atoms with van der Waals surface area (Å²) in [5.41, 5.74) is 16.9. The molecule has 0 unspecified atom stereocenters. The molecule has 0 spiro atoms. The Morgan fingerprint density at radius 2 is 1.86 bits per heavy atom. The van der Waals surface area contributed by atoms with Crippen molar-refractivity contribution in [3.8, 4) is 5.75 Å². The summed E-state index contributed by atoms with van der Waals surface area (Å²) < 4.78 is 0. The maximum Gasteiger partial charge on any atom is 0.240 e. The van der Waals surface area contributed by atoms with Crippen LogP contribution in [0.25, 0.3) is 0 Å². The van der Waals surface area contributed by atoms with Crippen LogP contribution in [0.3, 0.4) is 0 Å². The zero-order valence-electron chi connectivity index (χ0n) is 11.8. The molecule has 0 fully saturated rings. The zero-order valence-corrected chi connectivity index (χ0v) is 12.6. The minimum atomic E-state index is -0.952. The predicted molar refractivity (Wildman–Crippen MR) is 85.3 cm³/mol. The molecule has 1 rings (SSSR count). The quantitative estimate of drug-likeness (QED) is 0.273. The molecule has 0 saturated heterocycles. The van der Waals surface area contributed by atoms with Gasteiger partial charge in [0.1, 0.15) is 11.8 Å². The lowest BCUT2D eigenvalue weighted by molar-refractivity contribution is -0.127. The number of primary amides is 1. The average molecular weight is 325 g/mol. The fraction of sp³-hybridized carbons (Fsp3) is 0.308. The third-order valence-electron chi connectivity index (χ3n) is 2.79. The fourth-order valence-corrected chi connectivity index (χ4v) is 2.22. The van der Waals surface area contributed by atoms with Crippen molar-refractivity contribution < 1.29 is 14.7 Å². The number of phenols is 1. The highest BCUT2D eigenvalue weighted by Gasteiger charge is 2.22. The molecule has 0 aliphatic rings. The Morgan fingerprint density at radius 3 is 2.36 bits per heavy atom. The number of nitrogens with two attached hydrogens (primary N) is 3. The van der Waals surface area contributed by atoms with E-state index in [9.17, 15) is 14.7 Å². The van der Waals surface area contributed by atoms with Crippen molar-refractivity contribution >= 4 is 28.7 Å². The van der Waals surface area contributed by atoms with Crippen LogP contribution in [0.5, 0.6) is 5.75 Å². The number of amides is 2. The summed E-state index contributed by atoms with van der Waals surface area (Å²) in [6.45, 7) is 0. The molecule has 0 saturated carbocycles. The second-order valence-corrected chi connectivity index (χ2v) is 5.68. The van der Waals surface area contributed by atoms with Crippen molar-refractivity contribution in [3.63, 3.8) is 0 Å². The summed E-state index contributed by atoms with van der Waals surface area (Å²) in [5.74, 6) is -1.06. The summed E-state index contributed by atoms with van der Waals surface area (Å²) in [6.07, 6.45) is 0.247. The topological polar surface area (TPSA) is 168 Å². The normalized spacial score (nSPS) is 13.1. The molecule has 1 aromatic rings. The van der Waals surface area contributed by atoms with E-state index in [2.05, 4.69) is 5.32 Å². The third kappa shape index (κ3) is 6.02. The first-order valence-electron chi connectivity index (χ1n) is 6.39. The number of carbonyl (C=O) groups is 2. The highest BCUT2D eigenvalue weighted by Crippen LogP contribution is 2.11. The second-order valence-electron chi connectivity index (χ2n) is 4.62. The number of amidine groups is 1. The van der Waals surface area contributed by atoms with Gasteiger partial charge in [0.2, 0.25) is 11.8 Å². The number of carbonyl (C=O) groups excluding carboxylic acids is 2. The van der Waals surface area contributed by atoms with E-state index in [-0.39, 0.29) is 23.1 Å². The van der Waals surface area contributed by atoms with Gasteiger partial charge in [-0.25, -0.2) is 0 Å². The highest BCUT2D eigenvalue weighted by atomic mass is 32.2. The molecule has 0 bridgehead atoms. The second kappa shape index (κ2) is 8.25. The van der Waals surface area contributed by atoms with Crippen LogP contribution in [0.4, 0.5) is 0 Å². The number of thioether (sulfide) groups is 1. The standard InChI is InChI=1S/C13H19N5O3S/c14-9(5-7-1-3-8(19)4-2-7)12(21)18-10(11(15)20)6-22-13(16)17/h1-4,9-10,19H,5-6,14H2,(H2,15,20)(H3,16,17)(H,18,21)/t9-,10-/m0/s1. The lowest BCUT2D eigenvalue weighted by Gasteiger charge is -2.18. The molecular formula is C13H19N5O3S. The van der Waals surface area contributed by atoms with E-state index >= 15 is 0 Å². The van der Waals surface area contributed by atoms with Gasteiger partial charge in [0.15, 0.2) is 5.17 Å². The van der Waals surface area contributed by atoms with Gasteiger partial charge in [-0.1, -0.05) is 23.9 Å². The van der Waals surface area contributed by atoms with Crippen LogP contribution in [-0.2, 0) is 16.0 Å². The maximum atomic E-state index is 12.0. The molecule has 1 aromatic carbocycles. The monoisotopic (exact) mass is 325 g/mol. The molecule has 0 heterocycles. The van der Waals surface area contributed by atoms with Gasteiger partial charge in [-0.2, -0.15) is 0 Å². The average Bonchev–Trinajstić information content (AvgIpc) is 2.44. The Balaban J connectivity index is 2.58. The first kappa shape index (κ1) is 17.8. The van der Waals surface area contributed by atoms with Gasteiger partial charge in [-0.15, -0.1) is 0 Å². The molecule has 0 aromatic heterocycles. The predicted octanol–water partition coefficient (Wildman–Crippen LogP) is -1.14. The van der Waals surface area contributed by atoms with Crippen LogP contribution < -0.4 is 22.5 Å². The Kier molecular flexibility index (Phi) is 6.67. The van der Waals surface area contributed by atoms with E-state index < -0.39 is 23.9 Å². The van der Waals surface area contributed by atoms with Crippen LogP contribution in [0.1, 0.15) is 5.56 Å². The number of rotatable bonds is 7. The first-order chi connectivity index (χ1) is 10.3. The molecule has 22 heavy (non-hydrogen) atoms. The number of nitrogens with one attached hydrogen (secondary N) is 2. The van der Waals surface area contributed by atoms with E-state index in [1.54, 1.807) is 12.1 Å². The van der Waals surface area contributed by atoms with Gasteiger partial charge in [0.05, 0.1) is 6.04 Å². The molecule has 9 N–H and O–H groups in total. The molecule has 0 aliphatic carbocycles. The fourth-order valence-electron chi connectivity index (χ4n) is 1.63.